The fourth-order valence-corrected chi connectivity index (χ4v) is 5.06. The van der Waals surface area contributed by atoms with Crippen LogP contribution in [0.1, 0.15) is 34.6 Å². The highest BCUT2D eigenvalue weighted by atomic mass is 16.6. The largest absolute Gasteiger partial charge is 0.453 e. The van der Waals surface area contributed by atoms with Crippen molar-refractivity contribution in [2.75, 3.05) is 0 Å². The molecule has 0 saturated carbocycles. The molecule has 0 radical (unpaired) electrons. The minimum Gasteiger partial charge on any atom is -0.453 e. The molecule has 0 bridgehead atoms. The third-order valence-corrected chi connectivity index (χ3v) is 6.83. The van der Waals surface area contributed by atoms with Gasteiger partial charge in [-0.15, -0.1) is 0 Å². The quantitative estimate of drug-likeness (QED) is 0.221. The predicted octanol–water partition coefficient (Wildman–Crippen LogP) is 6.75. The van der Waals surface area contributed by atoms with Crippen molar-refractivity contribution in [3.05, 3.63) is 150 Å². The zero-order valence-electron chi connectivity index (χ0n) is 20.0. The van der Waals surface area contributed by atoms with Crippen molar-refractivity contribution < 1.29 is 14.3 Å². The average molecular weight is 473 g/mol. The molecule has 0 N–H and O–H groups in total. The molecular weight excluding hydrogens is 444 g/mol. The summed E-state index contributed by atoms with van der Waals surface area (Å²) in [6.07, 6.45) is 4.51. The smallest absolute Gasteiger partial charge is 0.318 e. The van der Waals surface area contributed by atoms with E-state index in [0.717, 1.165) is 22.3 Å². The fraction of sp³-hybridized carbons (Fsp3) is 0.152. The zero-order valence-corrected chi connectivity index (χ0v) is 20.0. The summed E-state index contributed by atoms with van der Waals surface area (Å²) in [5.74, 6) is -1.90. The van der Waals surface area contributed by atoms with E-state index in [1.165, 1.54) is 0 Å². The number of carbonyl (C=O) groups is 2. The van der Waals surface area contributed by atoms with Crippen molar-refractivity contribution in [1.29, 1.82) is 0 Å². The molecule has 3 unspecified atom stereocenters. The highest BCUT2D eigenvalue weighted by molar-refractivity contribution is 6.03. The van der Waals surface area contributed by atoms with Crippen LogP contribution in [-0.4, -0.2) is 11.8 Å². The molecule has 0 aromatic heterocycles. The molecule has 1 fully saturated rings. The molecule has 1 heterocycles. The standard InChI is InChI=1S/C33H28O3/c34-30-24-33(28-19-11-4-12-20-28,23-26-15-7-2-8-16-26)36-32(35)31(30)29(27-17-9-3-10-18-27)22-21-25-13-5-1-6-14-25/h1-22,29,31H,23-24H2. The van der Waals surface area contributed by atoms with Crippen LogP contribution in [0.4, 0.5) is 0 Å². The molecule has 0 spiro atoms. The molecule has 3 atom stereocenters. The van der Waals surface area contributed by atoms with E-state index in [0.29, 0.717) is 6.42 Å². The number of allylic oxidation sites excluding steroid dienone is 1. The van der Waals surface area contributed by atoms with Crippen LogP contribution in [0.5, 0.6) is 0 Å². The van der Waals surface area contributed by atoms with Gasteiger partial charge in [0.1, 0.15) is 11.5 Å². The minimum absolute atomic E-state index is 0.0994. The Morgan fingerprint density at radius 3 is 1.92 bits per heavy atom. The Morgan fingerprint density at radius 1 is 0.750 bits per heavy atom. The number of ketones is 1. The summed E-state index contributed by atoms with van der Waals surface area (Å²) in [6.45, 7) is 0. The summed E-state index contributed by atoms with van der Waals surface area (Å²) in [7, 11) is 0. The van der Waals surface area contributed by atoms with Crippen molar-refractivity contribution in [1.82, 2.24) is 0 Å². The first-order valence-electron chi connectivity index (χ1n) is 12.3. The van der Waals surface area contributed by atoms with Gasteiger partial charge in [0.15, 0.2) is 5.78 Å². The van der Waals surface area contributed by atoms with Crippen LogP contribution >= 0.6 is 0 Å². The summed E-state index contributed by atoms with van der Waals surface area (Å²) < 4.78 is 6.31. The summed E-state index contributed by atoms with van der Waals surface area (Å²) in [5.41, 5.74) is 2.75. The van der Waals surface area contributed by atoms with Crippen molar-refractivity contribution in [2.24, 2.45) is 5.92 Å². The van der Waals surface area contributed by atoms with Gasteiger partial charge in [0.25, 0.3) is 0 Å². The summed E-state index contributed by atoms with van der Waals surface area (Å²) >= 11 is 0. The van der Waals surface area contributed by atoms with Gasteiger partial charge in [0, 0.05) is 12.3 Å². The second kappa shape index (κ2) is 10.6. The molecule has 1 aliphatic heterocycles. The number of hydrogen-bond donors (Lipinski definition) is 0. The van der Waals surface area contributed by atoms with Crippen molar-refractivity contribution >= 4 is 17.8 Å². The molecular formula is C33H28O3. The number of hydrogen-bond acceptors (Lipinski definition) is 3. The van der Waals surface area contributed by atoms with Gasteiger partial charge >= 0.3 is 5.97 Å². The number of Topliss-reactive ketones (excluding diaryl/α,β-unsaturated/α-hetero) is 1. The highest BCUT2D eigenvalue weighted by Crippen LogP contribution is 2.43. The molecule has 0 aliphatic carbocycles. The van der Waals surface area contributed by atoms with E-state index in [1.54, 1.807) is 0 Å². The average Bonchev–Trinajstić information content (AvgIpc) is 2.92. The van der Waals surface area contributed by atoms with Gasteiger partial charge in [-0.2, -0.15) is 0 Å². The lowest BCUT2D eigenvalue weighted by molar-refractivity contribution is -0.179. The molecule has 4 aromatic carbocycles. The normalized spacial score (nSPS) is 20.7. The third-order valence-electron chi connectivity index (χ3n) is 6.83. The van der Waals surface area contributed by atoms with E-state index in [-0.39, 0.29) is 12.2 Å². The van der Waals surface area contributed by atoms with Gasteiger partial charge in [-0.3, -0.25) is 9.59 Å². The lowest BCUT2D eigenvalue weighted by Crippen LogP contribution is -2.48. The van der Waals surface area contributed by atoms with Crippen LogP contribution in [0.2, 0.25) is 0 Å². The fourth-order valence-electron chi connectivity index (χ4n) is 5.06. The first kappa shape index (κ1) is 23.5. The molecule has 36 heavy (non-hydrogen) atoms. The minimum atomic E-state index is -1.03. The van der Waals surface area contributed by atoms with Gasteiger partial charge in [-0.05, 0) is 22.3 Å². The van der Waals surface area contributed by atoms with Gasteiger partial charge < -0.3 is 4.74 Å². The van der Waals surface area contributed by atoms with Crippen LogP contribution in [0.3, 0.4) is 0 Å². The number of esters is 1. The lowest BCUT2D eigenvalue weighted by atomic mass is 9.73. The molecule has 3 nitrogen and oxygen atoms in total. The van der Waals surface area contributed by atoms with Crippen LogP contribution in [0.15, 0.2) is 127 Å². The maximum atomic E-state index is 13.9. The second-order valence-electron chi connectivity index (χ2n) is 9.27. The topological polar surface area (TPSA) is 43.4 Å². The van der Waals surface area contributed by atoms with Gasteiger partial charge in [0.2, 0.25) is 0 Å². The van der Waals surface area contributed by atoms with Gasteiger partial charge in [0.05, 0.1) is 6.42 Å². The number of benzene rings is 4. The Hall–Kier alpha value is -4.24. The molecule has 178 valence electrons. The van der Waals surface area contributed by atoms with Crippen LogP contribution in [0.25, 0.3) is 6.08 Å². The van der Waals surface area contributed by atoms with Gasteiger partial charge in [-0.25, -0.2) is 0 Å². The number of cyclic esters (lactones) is 1. The molecule has 0 amide bonds. The SMILES string of the molecule is O=C1CC(Cc2ccccc2)(c2ccccc2)OC(=O)C1C(C=Cc1ccccc1)c1ccccc1. The third kappa shape index (κ3) is 5.06. The maximum absolute atomic E-state index is 13.9. The van der Waals surface area contributed by atoms with E-state index in [9.17, 15) is 9.59 Å². The van der Waals surface area contributed by atoms with E-state index in [2.05, 4.69) is 0 Å². The molecule has 1 aliphatic rings. The summed E-state index contributed by atoms with van der Waals surface area (Å²) in [5, 5.41) is 0. The van der Waals surface area contributed by atoms with E-state index in [4.69, 9.17) is 4.74 Å². The van der Waals surface area contributed by atoms with Crippen LogP contribution in [0, 0.1) is 5.92 Å². The number of rotatable bonds is 7. The summed E-state index contributed by atoms with van der Waals surface area (Å²) in [4.78, 5) is 27.6. The number of ether oxygens (including phenoxy) is 1. The van der Waals surface area contributed by atoms with Gasteiger partial charge in [-0.1, -0.05) is 133 Å². The highest BCUT2D eigenvalue weighted by Gasteiger charge is 2.50. The first-order valence-corrected chi connectivity index (χ1v) is 12.3. The van der Waals surface area contributed by atoms with Crippen molar-refractivity contribution in [2.45, 2.75) is 24.4 Å². The Balaban J connectivity index is 1.51. The monoisotopic (exact) mass is 472 g/mol. The Labute approximate surface area is 212 Å². The second-order valence-corrected chi connectivity index (χ2v) is 9.27. The molecule has 3 heteroatoms. The number of carbonyl (C=O) groups excluding carboxylic acids is 2. The lowest BCUT2D eigenvalue weighted by Gasteiger charge is -2.40. The molecule has 5 rings (SSSR count). The Kier molecular flexibility index (Phi) is 6.90. The zero-order chi connectivity index (χ0) is 24.8. The van der Waals surface area contributed by atoms with Crippen molar-refractivity contribution in [3.63, 3.8) is 0 Å². The predicted molar refractivity (Wildman–Crippen MR) is 142 cm³/mol. The maximum Gasteiger partial charge on any atom is 0.318 e. The summed E-state index contributed by atoms with van der Waals surface area (Å²) in [6, 6.07) is 39.1. The van der Waals surface area contributed by atoms with Crippen molar-refractivity contribution in [3.8, 4) is 0 Å². The van der Waals surface area contributed by atoms with E-state index < -0.39 is 23.4 Å². The van der Waals surface area contributed by atoms with E-state index >= 15 is 0 Å². The molecule has 4 aromatic rings. The van der Waals surface area contributed by atoms with Crippen LogP contribution < -0.4 is 0 Å². The Morgan fingerprint density at radius 2 is 1.31 bits per heavy atom. The van der Waals surface area contributed by atoms with Crippen LogP contribution in [-0.2, 0) is 26.3 Å². The molecule has 1 saturated heterocycles. The first-order chi connectivity index (χ1) is 17.6. The Bertz CT molecular complexity index is 1310. The van der Waals surface area contributed by atoms with E-state index in [1.807, 2.05) is 133 Å².